The molecule has 1 aromatic heterocycles. The highest BCUT2D eigenvalue weighted by atomic mass is 35.5. The molecule has 94 valence electrons. The molecule has 1 saturated heterocycles. The Labute approximate surface area is 110 Å². The number of hydrogen-bond acceptors (Lipinski definition) is 4. The summed E-state index contributed by atoms with van der Waals surface area (Å²) in [7, 11) is 0. The van der Waals surface area contributed by atoms with Crippen LogP contribution in [0.15, 0.2) is 24.3 Å². The van der Waals surface area contributed by atoms with Crippen molar-refractivity contribution in [1.29, 1.82) is 0 Å². The normalized spacial score (nSPS) is 19.7. The largest absolute Gasteiger partial charge is 0.396 e. The molecular weight excluding hydrogens is 250 g/mol. The maximum Gasteiger partial charge on any atom is 0.172 e. The van der Waals surface area contributed by atoms with E-state index < -0.39 is 0 Å². The molecular formula is C13H14ClN3O. The fraction of sp³-hybridized carbons (Fsp3) is 0.385. The van der Waals surface area contributed by atoms with Crippen molar-refractivity contribution in [2.24, 2.45) is 5.92 Å². The number of nitrogens with zero attached hydrogens (tertiary/aromatic N) is 3. The van der Waals surface area contributed by atoms with E-state index >= 15 is 0 Å². The SMILES string of the molecule is OCC1CCN(c2nc3ccccc3nc2Cl)C1. The molecule has 2 heterocycles. The Morgan fingerprint density at radius 3 is 2.67 bits per heavy atom. The number of fused-ring (bicyclic) bond motifs is 1. The Hall–Kier alpha value is -1.39. The van der Waals surface area contributed by atoms with Crippen molar-refractivity contribution in [2.45, 2.75) is 6.42 Å². The lowest BCUT2D eigenvalue weighted by Crippen LogP contribution is -2.22. The van der Waals surface area contributed by atoms with E-state index in [0.717, 1.165) is 36.4 Å². The maximum atomic E-state index is 9.18. The molecule has 3 rings (SSSR count). The Morgan fingerprint density at radius 2 is 2.00 bits per heavy atom. The fourth-order valence-corrected chi connectivity index (χ4v) is 2.60. The highest BCUT2D eigenvalue weighted by Crippen LogP contribution is 2.28. The molecule has 1 fully saturated rings. The highest BCUT2D eigenvalue weighted by molar-refractivity contribution is 6.32. The van der Waals surface area contributed by atoms with E-state index in [-0.39, 0.29) is 6.61 Å². The Bertz CT molecular complexity index is 575. The zero-order chi connectivity index (χ0) is 12.5. The predicted octanol–water partition coefficient (Wildman–Crippen LogP) is 2.10. The first kappa shape index (κ1) is 11.7. The van der Waals surface area contributed by atoms with Crippen LogP contribution in [0.25, 0.3) is 11.0 Å². The van der Waals surface area contributed by atoms with Gasteiger partial charge in [0.05, 0.1) is 11.0 Å². The van der Waals surface area contributed by atoms with Crippen LogP contribution in [0.4, 0.5) is 5.82 Å². The average Bonchev–Trinajstić information content (AvgIpc) is 2.86. The lowest BCUT2D eigenvalue weighted by molar-refractivity contribution is 0.238. The third kappa shape index (κ3) is 2.02. The minimum absolute atomic E-state index is 0.217. The van der Waals surface area contributed by atoms with Crippen molar-refractivity contribution in [3.8, 4) is 0 Å². The van der Waals surface area contributed by atoms with Crippen LogP contribution in [0, 0.1) is 5.92 Å². The number of halogens is 1. The molecule has 4 nitrogen and oxygen atoms in total. The maximum absolute atomic E-state index is 9.18. The molecule has 1 unspecified atom stereocenters. The monoisotopic (exact) mass is 263 g/mol. The van der Waals surface area contributed by atoms with Crippen LogP contribution in [0.3, 0.4) is 0 Å². The molecule has 1 aliphatic rings. The number of benzene rings is 1. The minimum atomic E-state index is 0.217. The number of anilines is 1. The van der Waals surface area contributed by atoms with E-state index in [1.165, 1.54) is 0 Å². The number of aliphatic hydroxyl groups excluding tert-OH is 1. The van der Waals surface area contributed by atoms with Gasteiger partial charge in [0.15, 0.2) is 11.0 Å². The van der Waals surface area contributed by atoms with Crippen LogP contribution in [-0.4, -0.2) is 34.8 Å². The summed E-state index contributed by atoms with van der Waals surface area (Å²) in [5.41, 5.74) is 1.66. The average molecular weight is 264 g/mol. The van der Waals surface area contributed by atoms with Gasteiger partial charge >= 0.3 is 0 Å². The summed E-state index contributed by atoms with van der Waals surface area (Å²) in [6, 6.07) is 7.69. The molecule has 0 bridgehead atoms. The van der Waals surface area contributed by atoms with Crippen LogP contribution in [0.1, 0.15) is 6.42 Å². The summed E-state index contributed by atoms with van der Waals surface area (Å²) in [6.07, 6.45) is 0.974. The van der Waals surface area contributed by atoms with E-state index in [2.05, 4.69) is 14.9 Å². The van der Waals surface area contributed by atoms with Gasteiger partial charge in [0.1, 0.15) is 0 Å². The molecule has 0 amide bonds. The molecule has 1 aliphatic heterocycles. The molecule has 0 spiro atoms. The first-order chi connectivity index (χ1) is 8.78. The second-order valence-electron chi connectivity index (χ2n) is 4.61. The minimum Gasteiger partial charge on any atom is -0.396 e. The summed E-state index contributed by atoms with van der Waals surface area (Å²) in [4.78, 5) is 11.0. The summed E-state index contributed by atoms with van der Waals surface area (Å²) >= 11 is 6.20. The van der Waals surface area contributed by atoms with Gasteiger partial charge in [0.25, 0.3) is 0 Å². The number of hydrogen-bond donors (Lipinski definition) is 1. The van der Waals surface area contributed by atoms with Gasteiger partial charge in [0.2, 0.25) is 0 Å². The van der Waals surface area contributed by atoms with Gasteiger partial charge in [-0.05, 0) is 18.6 Å². The van der Waals surface area contributed by atoms with Crippen molar-refractivity contribution in [3.05, 3.63) is 29.4 Å². The second-order valence-corrected chi connectivity index (χ2v) is 4.97. The number of aliphatic hydroxyl groups is 1. The van der Waals surface area contributed by atoms with E-state index in [9.17, 15) is 5.11 Å². The van der Waals surface area contributed by atoms with Crippen LogP contribution in [-0.2, 0) is 0 Å². The van der Waals surface area contributed by atoms with Crippen molar-refractivity contribution in [1.82, 2.24) is 9.97 Å². The van der Waals surface area contributed by atoms with E-state index in [1.807, 2.05) is 24.3 Å². The zero-order valence-electron chi connectivity index (χ0n) is 9.88. The van der Waals surface area contributed by atoms with Gasteiger partial charge in [-0.1, -0.05) is 23.7 Å². The molecule has 0 saturated carbocycles. The smallest absolute Gasteiger partial charge is 0.172 e. The molecule has 1 aromatic carbocycles. The molecule has 2 aromatic rings. The summed E-state index contributed by atoms with van der Waals surface area (Å²) in [6.45, 7) is 1.89. The van der Waals surface area contributed by atoms with E-state index in [1.54, 1.807) is 0 Å². The topological polar surface area (TPSA) is 49.2 Å². The highest BCUT2D eigenvalue weighted by Gasteiger charge is 2.25. The van der Waals surface area contributed by atoms with Gasteiger partial charge in [-0.2, -0.15) is 0 Å². The first-order valence-electron chi connectivity index (χ1n) is 6.06. The summed E-state index contributed by atoms with van der Waals surface area (Å²) in [5, 5.41) is 9.61. The number of rotatable bonds is 2. The zero-order valence-corrected chi connectivity index (χ0v) is 10.6. The van der Waals surface area contributed by atoms with Crippen LogP contribution in [0.5, 0.6) is 0 Å². The Balaban J connectivity index is 1.99. The summed E-state index contributed by atoms with van der Waals surface area (Å²) < 4.78 is 0. The van der Waals surface area contributed by atoms with Gasteiger partial charge in [-0.15, -0.1) is 0 Å². The lowest BCUT2D eigenvalue weighted by atomic mass is 10.1. The van der Waals surface area contributed by atoms with Crippen molar-refractivity contribution >= 4 is 28.5 Å². The molecule has 1 N–H and O–H groups in total. The third-order valence-electron chi connectivity index (χ3n) is 3.35. The van der Waals surface area contributed by atoms with Crippen LogP contribution >= 0.6 is 11.6 Å². The van der Waals surface area contributed by atoms with Gasteiger partial charge in [-0.25, -0.2) is 9.97 Å². The molecule has 5 heteroatoms. The van der Waals surface area contributed by atoms with Gasteiger partial charge in [-0.3, -0.25) is 0 Å². The van der Waals surface area contributed by atoms with E-state index in [0.29, 0.717) is 11.1 Å². The first-order valence-corrected chi connectivity index (χ1v) is 6.44. The number of aromatic nitrogens is 2. The Morgan fingerprint density at radius 1 is 1.28 bits per heavy atom. The second kappa shape index (κ2) is 4.71. The summed E-state index contributed by atoms with van der Waals surface area (Å²) in [5.74, 6) is 1.04. The molecule has 0 radical (unpaired) electrons. The van der Waals surface area contributed by atoms with Gasteiger partial charge < -0.3 is 10.0 Å². The van der Waals surface area contributed by atoms with Gasteiger partial charge in [0, 0.05) is 25.6 Å². The van der Waals surface area contributed by atoms with E-state index in [4.69, 9.17) is 11.6 Å². The van der Waals surface area contributed by atoms with Crippen LogP contribution < -0.4 is 4.90 Å². The van der Waals surface area contributed by atoms with Crippen molar-refractivity contribution in [2.75, 3.05) is 24.6 Å². The van der Waals surface area contributed by atoms with Crippen LogP contribution in [0.2, 0.25) is 5.15 Å². The molecule has 1 atom stereocenters. The molecule has 18 heavy (non-hydrogen) atoms. The number of para-hydroxylation sites is 2. The lowest BCUT2D eigenvalue weighted by Gasteiger charge is -2.18. The van der Waals surface area contributed by atoms with Crippen molar-refractivity contribution < 1.29 is 5.11 Å². The Kier molecular flexibility index (Phi) is 3.06. The quantitative estimate of drug-likeness (QED) is 0.902. The predicted molar refractivity (Wildman–Crippen MR) is 72.0 cm³/mol. The van der Waals surface area contributed by atoms with Crippen molar-refractivity contribution in [3.63, 3.8) is 0 Å². The third-order valence-corrected chi connectivity index (χ3v) is 3.61. The fourth-order valence-electron chi connectivity index (χ4n) is 2.34. The molecule has 0 aliphatic carbocycles. The standard InChI is InChI=1S/C13H14ClN3O/c14-12-13(17-6-5-9(7-17)8-18)16-11-4-2-1-3-10(11)15-12/h1-4,9,18H,5-8H2.